The number of anilines is 1. The van der Waals surface area contributed by atoms with E-state index in [2.05, 4.69) is 27.3 Å². The molecule has 0 heterocycles. The SMILES string of the molecule is N#CC(Nc1ccccc1F)c1ccc(Br)cc1Cl. The lowest BCUT2D eigenvalue weighted by molar-refractivity contribution is 0.629. The summed E-state index contributed by atoms with van der Waals surface area (Å²) in [6, 6.07) is 12.8. The van der Waals surface area contributed by atoms with Crippen LogP contribution in [0.3, 0.4) is 0 Å². The van der Waals surface area contributed by atoms with Gasteiger partial charge in [-0.3, -0.25) is 0 Å². The molecule has 0 fully saturated rings. The Morgan fingerprint density at radius 2 is 2.00 bits per heavy atom. The minimum atomic E-state index is -0.711. The molecule has 0 saturated heterocycles. The predicted molar refractivity (Wildman–Crippen MR) is 77.5 cm³/mol. The molecule has 5 heteroatoms. The van der Waals surface area contributed by atoms with Gasteiger partial charge >= 0.3 is 0 Å². The normalized spacial score (nSPS) is 11.7. The van der Waals surface area contributed by atoms with Crippen LogP contribution in [-0.4, -0.2) is 0 Å². The Kier molecular flexibility index (Phi) is 4.41. The minimum absolute atomic E-state index is 0.271. The number of hydrogen-bond donors (Lipinski definition) is 1. The van der Waals surface area contributed by atoms with Gasteiger partial charge in [-0.15, -0.1) is 0 Å². The number of rotatable bonds is 3. The van der Waals surface area contributed by atoms with Gasteiger partial charge in [-0.05, 0) is 24.3 Å². The van der Waals surface area contributed by atoms with E-state index in [0.29, 0.717) is 10.6 Å². The van der Waals surface area contributed by atoms with Crippen LogP contribution in [0.5, 0.6) is 0 Å². The molecule has 0 bridgehead atoms. The standard InChI is InChI=1S/C14H9BrClFN2/c15-9-5-6-10(11(16)7-9)14(8-18)19-13-4-2-1-3-12(13)17/h1-7,14,19H. The van der Waals surface area contributed by atoms with E-state index in [1.165, 1.54) is 6.07 Å². The molecule has 2 aromatic carbocycles. The molecule has 1 unspecified atom stereocenters. The molecule has 1 atom stereocenters. The number of hydrogen-bond acceptors (Lipinski definition) is 2. The lowest BCUT2D eigenvalue weighted by Gasteiger charge is -2.15. The predicted octanol–water partition coefficient (Wildman–Crippen LogP) is 4.92. The third-order valence-electron chi connectivity index (χ3n) is 2.58. The molecule has 0 aromatic heterocycles. The fourth-order valence-corrected chi connectivity index (χ4v) is 2.43. The zero-order valence-electron chi connectivity index (χ0n) is 9.70. The van der Waals surface area contributed by atoms with Gasteiger partial charge in [0.1, 0.15) is 11.9 Å². The van der Waals surface area contributed by atoms with E-state index in [1.807, 2.05) is 0 Å². The number of benzene rings is 2. The molecule has 0 amide bonds. The van der Waals surface area contributed by atoms with Crippen LogP contribution in [0, 0.1) is 17.1 Å². The number of nitriles is 1. The highest BCUT2D eigenvalue weighted by Gasteiger charge is 2.15. The van der Waals surface area contributed by atoms with Gasteiger partial charge in [-0.1, -0.05) is 45.7 Å². The maximum atomic E-state index is 13.6. The van der Waals surface area contributed by atoms with E-state index in [4.69, 9.17) is 11.6 Å². The molecule has 96 valence electrons. The first kappa shape index (κ1) is 13.9. The average molecular weight is 340 g/mol. The molecule has 1 N–H and O–H groups in total. The maximum Gasteiger partial charge on any atom is 0.146 e. The van der Waals surface area contributed by atoms with Gasteiger partial charge < -0.3 is 5.32 Å². The highest BCUT2D eigenvalue weighted by molar-refractivity contribution is 9.10. The third-order valence-corrected chi connectivity index (χ3v) is 3.40. The number of halogens is 3. The molecule has 19 heavy (non-hydrogen) atoms. The van der Waals surface area contributed by atoms with Crippen LogP contribution in [0.2, 0.25) is 5.02 Å². The fraction of sp³-hybridized carbons (Fsp3) is 0.0714. The summed E-state index contributed by atoms with van der Waals surface area (Å²) in [5, 5.41) is 12.5. The summed E-state index contributed by atoms with van der Waals surface area (Å²) in [6.07, 6.45) is 0. The van der Waals surface area contributed by atoms with Gasteiger partial charge in [-0.2, -0.15) is 5.26 Å². The molecular weight excluding hydrogens is 331 g/mol. The van der Waals surface area contributed by atoms with Crippen molar-refractivity contribution in [3.05, 3.63) is 63.3 Å². The lowest BCUT2D eigenvalue weighted by atomic mass is 10.1. The van der Waals surface area contributed by atoms with Crippen molar-refractivity contribution in [1.82, 2.24) is 0 Å². The minimum Gasteiger partial charge on any atom is -0.364 e. The van der Waals surface area contributed by atoms with E-state index < -0.39 is 11.9 Å². The number of para-hydroxylation sites is 1. The first-order valence-electron chi connectivity index (χ1n) is 5.47. The Balaban J connectivity index is 2.31. The first-order chi connectivity index (χ1) is 9.11. The second-order valence-electron chi connectivity index (χ2n) is 3.85. The highest BCUT2D eigenvalue weighted by atomic mass is 79.9. The van der Waals surface area contributed by atoms with Crippen molar-refractivity contribution in [3.8, 4) is 6.07 Å². The van der Waals surface area contributed by atoms with Crippen LogP contribution in [0.4, 0.5) is 10.1 Å². The Labute approximate surface area is 123 Å². The van der Waals surface area contributed by atoms with Crippen molar-refractivity contribution in [3.63, 3.8) is 0 Å². The van der Waals surface area contributed by atoms with Gasteiger partial charge in [0.15, 0.2) is 0 Å². The largest absolute Gasteiger partial charge is 0.364 e. The van der Waals surface area contributed by atoms with Crippen molar-refractivity contribution >= 4 is 33.2 Å². The molecule has 2 nitrogen and oxygen atoms in total. The third kappa shape index (κ3) is 3.25. The fourth-order valence-electron chi connectivity index (χ4n) is 1.65. The monoisotopic (exact) mass is 338 g/mol. The summed E-state index contributed by atoms with van der Waals surface area (Å²) < 4.78 is 14.4. The van der Waals surface area contributed by atoms with Crippen LogP contribution < -0.4 is 5.32 Å². The van der Waals surface area contributed by atoms with E-state index in [0.717, 1.165) is 4.47 Å². The Bertz CT molecular complexity index is 640. The second kappa shape index (κ2) is 6.05. The summed E-state index contributed by atoms with van der Waals surface area (Å²) in [4.78, 5) is 0. The van der Waals surface area contributed by atoms with Crippen molar-refractivity contribution in [2.75, 3.05) is 5.32 Å². The van der Waals surface area contributed by atoms with E-state index in [-0.39, 0.29) is 5.69 Å². The van der Waals surface area contributed by atoms with Crippen molar-refractivity contribution in [1.29, 1.82) is 5.26 Å². The van der Waals surface area contributed by atoms with Crippen molar-refractivity contribution in [2.45, 2.75) is 6.04 Å². The molecule has 2 rings (SSSR count). The van der Waals surface area contributed by atoms with Crippen LogP contribution in [-0.2, 0) is 0 Å². The number of nitrogens with zero attached hydrogens (tertiary/aromatic N) is 1. The molecule has 0 spiro atoms. The Hall–Kier alpha value is -1.57. The van der Waals surface area contributed by atoms with Crippen molar-refractivity contribution in [2.24, 2.45) is 0 Å². The summed E-state index contributed by atoms with van der Waals surface area (Å²) in [7, 11) is 0. The molecule has 0 aliphatic rings. The van der Waals surface area contributed by atoms with Crippen LogP contribution >= 0.6 is 27.5 Å². The molecule has 0 aliphatic carbocycles. The van der Waals surface area contributed by atoms with Crippen LogP contribution in [0.15, 0.2) is 46.9 Å². The Morgan fingerprint density at radius 3 is 2.63 bits per heavy atom. The zero-order valence-corrected chi connectivity index (χ0v) is 12.0. The van der Waals surface area contributed by atoms with Gasteiger partial charge in [-0.25, -0.2) is 4.39 Å². The lowest BCUT2D eigenvalue weighted by Crippen LogP contribution is -2.10. The highest BCUT2D eigenvalue weighted by Crippen LogP contribution is 2.29. The van der Waals surface area contributed by atoms with Crippen molar-refractivity contribution < 1.29 is 4.39 Å². The van der Waals surface area contributed by atoms with E-state index in [1.54, 1.807) is 36.4 Å². The smallest absolute Gasteiger partial charge is 0.146 e. The maximum absolute atomic E-state index is 13.6. The average Bonchev–Trinajstić information content (AvgIpc) is 2.39. The van der Waals surface area contributed by atoms with Crippen LogP contribution in [0.1, 0.15) is 11.6 Å². The summed E-state index contributed by atoms with van der Waals surface area (Å²) in [5.74, 6) is -0.406. The number of nitrogens with one attached hydrogen (secondary N) is 1. The second-order valence-corrected chi connectivity index (χ2v) is 5.18. The molecule has 2 aromatic rings. The summed E-state index contributed by atoms with van der Waals surface area (Å²) in [5.41, 5.74) is 0.878. The van der Waals surface area contributed by atoms with E-state index >= 15 is 0 Å². The summed E-state index contributed by atoms with van der Waals surface area (Å²) in [6.45, 7) is 0. The van der Waals surface area contributed by atoms with E-state index in [9.17, 15) is 9.65 Å². The molecule has 0 saturated carbocycles. The molecular formula is C14H9BrClFN2. The topological polar surface area (TPSA) is 35.8 Å². The van der Waals surface area contributed by atoms with Gasteiger partial charge in [0, 0.05) is 15.1 Å². The van der Waals surface area contributed by atoms with Gasteiger partial charge in [0.25, 0.3) is 0 Å². The summed E-state index contributed by atoms with van der Waals surface area (Å²) >= 11 is 9.39. The molecule has 0 radical (unpaired) electrons. The molecule has 0 aliphatic heterocycles. The van der Waals surface area contributed by atoms with Gasteiger partial charge in [0.05, 0.1) is 11.8 Å². The zero-order chi connectivity index (χ0) is 13.8. The first-order valence-corrected chi connectivity index (χ1v) is 6.64. The van der Waals surface area contributed by atoms with Gasteiger partial charge in [0.2, 0.25) is 0 Å². The Morgan fingerprint density at radius 1 is 1.26 bits per heavy atom. The van der Waals surface area contributed by atoms with Crippen LogP contribution in [0.25, 0.3) is 0 Å². The quantitative estimate of drug-likeness (QED) is 0.861.